The van der Waals surface area contributed by atoms with Crippen LogP contribution in [0.3, 0.4) is 0 Å². The first kappa shape index (κ1) is 19.1. The molecule has 7 heteroatoms. The van der Waals surface area contributed by atoms with Crippen LogP contribution in [0.15, 0.2) is 64.4 Å². The van der Waals surface area contributed by atoms with Crippen LogP contribution < -0.4 is 4.74 Å². The van der Waals surface area contributed by atoms with Crippen molar-refractivity contribution < 1.29 is 13.2 Å². The third-order valence-electron chi connectivity index (χ3n) is 3.24. The second-order valence-corrected chi connectivity index (χ2v) is 7.58. The minimum absolute atomic E-state index is 0.0345. The van der Waals surface area contributed by atoms with Crippen molar-refractivity contribution >= 4 is 39.1 Å². The van der Waals surface area contributed by atoms with E-state index in [0.717, 1.165) is 5.56 Å². The molecule has 25 heavy (non-hydrogen) atoms. The van der Waals surface area contributed by atoms with Crippen molar-refractivity contribution in [2.75, 3.05) is 7.11 Å². The van der Waals surface area contributed by atoms with E-state index < -0.39 is 14.7 Å². The summed E-state index contributed by atoms with van der Waals surface area (Å²) in [6.07, 6.45) is 4.39. The maximum Gasteiger partial charge on any atom is 0.218 e. The Bertz CT molecular complexity index is 972. The summed E-state index contributed by atoms with van der Waals surface area (Å²) in [5.41, 5.74) is 0.830. The smallest absolute Gasteiger partial charge is 0.218 e. The number of hydrogen-bond donors (Lipinski definition) is 0. The van der Waals surface area contributed by atoms with Gasteiger partial charge in [0.25, 0.3) is 0 Å². The lowest BCUT2D eigenvalue weighted by Gasteiger charge is -2.05. The Labute approximate surface area is 156 Å². The summed E-state index contributed by atoms with van der Waals surface area (Å²) in [6.45, 7) is 0. The van der Waals surface area contributed by atoms with Gasteiger partial charge in [-0.2, -0.15) is 5.26 Å². The highest BCUT2D eigenvalue weighted by atomic mass is 35.5. The molecule has 0 bridgehead atoms. The Hall–Kier alpha value is -2.26. The van der Waals surface area contributed by atoms with Crippen LogP contribution in [0.25, 0.3) is 6.08 Å². The SMILES string of the molecule is COc1ccc(/C=C/C=C(/C#N)S(=O)(=O)c2ccc(Cl)cc2Cl)cc1. The molecule has 128 valence electrons. The number of nitriles is 1. The molecule has 4 nitrogen and oxygen atoms in total. The number of halogens is 2. The first-order chi connectivity index (χ1) is 11.9. The predicted octanol–water partition coefficient (Wildman–Crippen LogP) is 4.90. The molecular weight excluding hydrogens is 381 g/mol. The Kier molecular flexibility index (Phi) is 6.27. The zero-order valence-electron chi connectivity index (χ0n) is 13.1. The van der Waals surface area contributed by atoms with Gasteiger partial charge in [-0.25, -0.2) is 8.42 Å². The van der Waals surface area contributed by atoms with Crippen LogP contribution in [-0.4, -0.2) is 15.5 Å². The van der Waals surface area contributed by atoms with Gasteiger partial charge in [0.05, 0.1) is 17.0 Å². The average molecular weight is 394 g/mol. The fraction of sp³-hybridized carbons (Fsp3) is 0.0556. The van der Waals surface area contributed by atoms with E-state index in [1.54, 1.807) is 43.5 Å². The highest BCUT2D eigenvalue weighted by Crippen LogP contribution is 2.29. The maximum atomic E-state index is 12.6. The highest BCUT2D eigenvalue weighted by Gasteiger charge is 2.23. The largest absolute Gasteiger partial charge is 0.497 e. The third-order valence-corrected chi connectivity index (χ3v) is 5.64. The molecule has 0 aliphatic heterocycles. The van der Waals surface area contributed by atoms with Gasteiger partial charge in [0.1, 0.15) is 16.7 Å². The van der Waals surface area contributed by atoms with Crippen molar-refractivity contribution in [3.63, 3.8) is 0 Å². The molecule has 0 spiro atoms. The van der Waals surface area contributed by atoms with Crippen LogP contribution in [-0.2, 0) is 9.84 Å². The summed E-state index contributed by atoms with van der Waals surface area (Å²) >= 11 is 11.7. The van der Waals surface area contributed by atoms with E-state index in [2.05, 4.69) is 0 Å². The molecule has 2 rings (SSSR count). The van der Waals surface area contributed by atoms with Crippen LogP contribution >= 0.6 is 23.2 Å². The van der Waals surface area contributed by atoms with Crippen molar-refractivity contribution in [1.29, 1.82) is 5.26 Å². The number of hydrogen-bond acceptors (Lipinski definition) is 4. The normalized spacial score (nSPS) is 12.2. The van der Waals surface area contributed by atoms with Crippen molar-refractivity contribution in [1.82, 2.24) is 0 Å². The van der Waals surface area contributed by atoms with E-state index in [0.29, 0.717) is 10.8 Å². The summed E-state index contributed by atoms with van der Waals surface area (Å²) in [5.74, 6) is 0.713. The summed E-state index contributed by atoms with van der Waals surface area (Å²) in [5, 5.41) is 9.49. The van der Waals surface area contributed by atoms with Crippen LogP contribution in [0.5, 0.6) is 5.75 Å². The molecule has 0 aliphatic carbocycles. The van der Waals surface area contributed by atoms with Gasteiger partial charge in [-0.1, -0.05) is 47.5 Å². The first-order valence-electron chi connectivity index (χ1n) is 7.01. The molecule has 0 heterocycles. The Morgan fingerprint density at radius 3 is 2.40 bits per heavy atom. The van der Waals surface area contributed by atoms with E-state index in [1.807, 2.05) is 0 Å². The molecule has 0 N–H and O–H groups in total. The fourth-order valence-electron chi connectivity index (χ4n) is 1.96. The van der Waals surface area contributed by atoms with E-state index >= 15 is 0 Å². The summed E-state index contributed by atoms with van der Waals surface area (Å²) in [6, 6.07) is 12.9. The molecule has 2 aromatic rings. The van der Waals surface area contributed by atoms with Gasteiger partial charge < -0.3 is 4.74 Å². The van der Waals surface area contributed by atoms with E-state index in [-0.39, 0.29) is 9.92 Å². The van der Waals surface area contributed by atoms with Crippen LogP contribution in [0, 0.1) is 11.3 Å². The fourth-order valence-corrected chi connectivity index (χ4v) is 3.85. The molecule has 0 radical (unpaired) electrons. The molecule has 0 saturated heterocycles. The van der Waals surface area contributed by atoms with Crippen molar-refractivity contribution in [2.45, 2.75) is 4.90 Å². The van der Waals surface area contributed by atoms with Crippen LogP contribution in [0.2, 0.25) is 10.0 Å². The number of methoxy groups -OCH3 is 1. The lowest BCUT2D eigenvalue weighted by Crippen LogP contribution is -2.04. The number of benzene rings is 2. The average Bonchev–Trinajstić information content (AvgIpc) is 2.58. The second kappa shape index (κ2) is 8.21. The van der Waals surface area contributed by atoms with E-state index in [1.165, 1.54) is 30.4 Å². The Morgan fingerprint density at radius 1 is 1.16 bits per heavy atom. The van der Waals surface area contributed by atoms with Gasteiger partial charge >= 0.3 is 0 Å². The number of sulfone groups is 1. The van der Waals surface area contributed by atoms with Gasteiger partial charge in [-0.3, -0.25) is 0 Å². The molecule has 0 amide bonds. The quantitative estimate of drug-likeness (QED) is 0.535. The van der Waals surface area contributed by atoms with E-state index in [4.69, 9.17) is 27.9 Å². The zero-order chi connectivity index (χ0) is 18.4. The van der Waals surface area contributed by atoms with Crippen LogP contribution in [0.4, 0.5) is 0 Å². The molecule has 0 unspecified atom stereocenters. The lowest BCUT2D eigenvalue weighted by molar-refractivity contribution is 0.415. The van der Waals surface area contributed by atoms with E-state index in [9.17, 15) is 13.7 Å². The molecule has 0 aliphatic rings. The molecule has 0 atom stereocenters. The minimum Gasteiger partial charge on any atom is -0.497 e. The number of ether oxygens (including phenoxy) is 1. The first-order valence-corrected chi connectivity index (χ1v) is 9.25. The topological polar surface area (TPSA) is 67.2 Å². The molecule has 2 aromatic carbocycles. The molecule has 0 fully saturated rings. The third kappa shape index (κ3) is 4.64. The summed E-state index contributed by atoms with van der Waals surface area (Å²) in [4.78, 5) is -0.578. The van der Waals surface area contributed by atoms with Crippen molar-refractivity contribution in [3.8, 4) is 11.8 Å². The Morgan fingerprint density at radius 2 is 1.84 bits per heavy atom. The van der Waals surface area contributed by atoms with Gasteiger partial charge in [0.2, 0.25) is 9.84 Å². The predicted molar refractivity (Wildman–Crippen MR) is 99.4 cm³/mol. The summed E-state index contributed by atoms with van der Waals surface area (Å²) in [7, 11) is -2.46. The number of rotatable bonds is 5. The van der Waals surface area contributed by atoms with Crippen molar-refractivity contribution in [2.24, 2.45) is 0 Å². The highest BCUT2D eigenvalue weighted by molar-refractivity contribution is 7.95. The minimum atomic E-state index is -4.03. The monoisotopic (exact) mass is 393 g/mol. The number of nitrogens with zero attached hydrogens (tertiary/aromatic N) is 1. The standard InChI is InChI=1S/C18H13Cl2NO3S/c1-24-15-8-5-13(6-9-15)3-2-4-16(12-21)25(22,23)18-10-7-14(19)11-17(18)20/h2-11H,1H3/b3-2+,16-4-. The maximum absolute atomic E-state index is 12.6. The second-order valence-electron chi connectivity index (χ2n) is 4.85. The van der Waals surface area contributed by atoms with Crippen LogP contribution in [0.1, 0.15) is 5.56 Å². The van der Waals surface area contributed by atoms with Gasteiger partial charge in [-0.05, 0) is 42.0 Å². The zero-order valence-corrected chi connectivity index (χ0v) is 15.4. The molecule has 0 aromatic heterocycles. The van der Waals surface area contributed by atoms with Gasteiger partial charge in [0.15, 0.2) is 0 Å². The Balaban J connectivity index is 2.32. The van der Waals surface area contributed by atoms with Crippen molar-refractivity contribution in [3.05, 3.63) is 75.1 Å². The lowest BCUT2D eigenvalue weighted by atomic mass is 10.2. The number of allylic oxidation sites excluding steroid dienone is 3. The summed E-state index contributed by atoms with van der Waals surface area (Å²) < 4.78 is 30.2. The molecular formula is C18H13Cl2NO3S. The van der Waals surface area contributed by atoms with Gasteiger partial charge in [0, 0.05) is 5.02 Å². The van der Waals surface area contributed by atoms with Gasteiger partial charge in [-0.15, -0.1) is 0 Å². The molecule has 0 saturated carbocycles.